The molecule has 0 amide bonds. The highest BCUT2D eigenvalue weighted by Crippen LogP contribution is 2.36. The summed E-state index contributed by atoms with van der Waals surface area (Å²) in [7, 11) is 0. The molecule has 0 unspecified atom stereocenters. The van der Waals surface area contributed by atoms with Gasteiger partial charge in [0.25, 0.3) is 0 Å². The molecule has 0 saturated heterocycles. The van der Waals surface area contributed by atoms with Crippen LogP contribution in [0.3, 0.4) is 0 Å². The molecule has 1 nitrogen and oxygen atoms in total. The first-order chi connectivity index (χ1) is 9.83. The Hall–Kier alpha value is -1.58. The summed E-state index contributed by atoms with van der Waals surface area (Å²) in [6.07, 6.45) is 0. The van der Waals surface area contributed by atoms with Gasteiger partial charge >= 0.3 is 0 Å². The van der Waals surface area contributed by atoms with Crippen molar-refractivity contribution in [1.29, 1.82) is 0 Å². The smallest absolute Gasteiger partial charge is 0.128 e. The van der Waals surface area contributed by atoms with Gasteiger partial charge in [0.15, 0.2) is 0 Å². The summed E-state index contributed by atoms with van der Waals surface area (Å²) in [6.45, 7) is 0.588. The molecule has 0 radical (unpaired) electrons. The lowest BCUT2D eigenvalue weighted by Crippen LogP contribution is -1.96. The van der Waals surface area contributed by atoms with Crippen LogP contribution in [0.5, 0.6) is 5.75 Å². The van der Waals surface area contributed by atoms with E-state index in [1.807, 2.05) is 36.4 Å². The fraction of sp³-hybridized carbons (Fsp3) is 0.0588. The highest BCUT2D eigenvalue weighted by atomic mass is 79.9. The van der Waals surface area contributed by atoms with E-state index in [2.05, 4.69) is 45.6 Å². The van der Waals surface area contributed by atoms with E-state index in [4.69, 9.17) is 4.74 Å². The minimum absolute atomic E-state index is 0.588. The molecule has 3 heteroatoms. The normalized spacial score (nSPS) is 10.4. The van der Waals surface area contributed by atoms with E-state index in [0.29, 0.717) is 6.61 Å². The maximum absolute atomic E-state index is 5.98. The van der Waals surface area contributed by atoms with E-state index < -0.39 is 0 Å². The molecule has 0 bridgehead atoms. The summed E-state index contributed by atoms with van der Waals surface area (Å²) in [4.78, 5) is 1.21. The first-order valence-corrected chi connectivity index (χ1v) is 8.00. The number of para-hydroxylation sites is 1. The summed E-state index contributed by atoms with van der Waals surface area (Å²) < 4.78 is 7.09. The Bertz CT molecular complexity index is 691. The number of rotatable bonds is 4. The van der Waals surface area contributed by atoms with Crippen LogP contribution in [0.4, 0.5) is 0 Å². The molecule has 1 heterocycles. The molecule has 3 aromatic rings. The molecular formula is C17H13BrOS. The van der Waals surface area contributed by atoms with Crippen LogP contribution in [-0.4, -0.2) is 0 Å². The zero-order chi connectivity index (χ0) is 13.8. The van der Waals surface area contributed by atoms with Gasteiger partial charge in [-0.2, -0.15) is 0 Å². The standard InChI is InChI=1S/C17H13BrOS/c18-14-10-17(20-12-14)15-8-4-5-9-16(15)19-11-13-6-2-1-3-7-13/h1-10,12H,11H2. The van der Waals surface area contributed by atoms with Crippen molar-refractivity contribution in [3.63, 3.8) is 0 Å². The zero-order valence-corrected chi connectivity index (χ0v) is 13.2. The van der Waals surface area contributed by atoms with Gasteiger partial charge in [-0.1, -0.05) is 42.5 Å². The van der Waals surface area contributed by atoms with Crippen molar-refractivity contribution in [2.75, 3.05) is 0 Å². The fourth-order valence-electron chi connectivity index (χ4n) is 1.99. The molecule has 0 fully saturated rings. The average Bonchev–Trinajstić information content (AvgIpc) is 2.93. The zero-order valence-electron chi connectivity index (χ0n) is 10.8. The number of hydrogen-bond acceptors (Lipinski definition) is 2. The van der Waals surface area contributed by atoms with E-state index in [9.17, 15) is 0 Å². The number of ether oxygens (including phenoxy) is 1. The molecule has 0 N–H and O–H groups in total. The lowest BCUT2D eigenvalue weighted by molar-refractivity contribution is 0.307. The van der Waals surface area contributed by atoms with Crippen LogP contribution >= 0.6 is 27.3 Å². The van der Waals surface area contributed by atoms with E-state index in [1.165, 1.54) is 10.4 Å². The van der Waals surface area contributed by atoms with Crippen molar-refractivity contribution in [3.05, 3.63) is 76.1 Å². The van der Waals surface area contributed by atoms with Crippen LogP contribution in [0.25, 0.3) is 10.4 Å². The highest BCUT2D eigenvalue weighted by Gasteiger charge is 2.08. The Kier molecular flexibility index (Phi) is 4.19. The van der Waals surface area contributed by atoms with Crippen molar-refractivity contribution < 1.29 is 4.74 Å². The summed E-state index contributed by atoms with van der Waals surface area (Å²) >= 11 is 5.21. The SMILES string of the molecule is Brc1csc(-c2ccccc2OCc2ccccc2)c1. The van der Waals surface area contributed by atoms with Gasteiger partial charge in [-0.25, -0.2) is 0 Å². The molecular weight excluding hydrogens is 332 g/mol. The van der Waals surface area contributed by atoms with Gasteiger partial charge in [0.05, 0.1) is 0 Å². The lowest BCUT2D eigenvalue weighted by atomic mass is 10.1. The summed E-state index contributed by atoms with van der Waals surface area (Å²) in [5.74, 6) is 0.922. The predicted octanol–water partition coefficient (Wildman–Crippen LogP) is 5.76. The monoisotopic (exact) mass is 344 g/mol. The van der Waals surface area contributed by atoms with Crippen molar-refractivity contribution in [2.45, 2.75) is 6.61 Å². The molecule has 0 spiro atoms. The summed E-state index contributed by atoms with van der Waals surface area (Å²) in [5, 5.41) is 2.09. The Labute approximate surface area is 131 Å². The van der Waals surface area contributed by atoms with Crippen LogP contribution in [0.1, 0.15) is 5.56 Å². The van der Waals surface area contributed by atoms with E-state index in [1.54, 1.807) is 11.3 Å². The minimum Gasteiger partial charge on any atom is -0.488 e. The van der Waals surface area contributed by atoms with Crippen molar-refractivity contribution in [1.82, 2.24) is 0 Å². The Balaban J connectivity index is 1.83. The highest BCUT2D eigenvalue weighted by molar-refractivity contribution is 9.10. The third kappa shape index (κ3) is 3.11. The quantitative estimate of drug-likeness (QED) is 0.584. The predicted molar refractivity (Wildman–Crippen MR) is 88.2 cm³/mol. The number of thiophene rings is 1. The fourth-order valence-corrected chi connectivity index (χ4v) is 3.44. The van der Waals surface area contributed by atoms with Crippen LogP contribution in [0.2, 0.25) is 0 Å². The van der Waals surface area contributed by atoms with Crippen molar-refractivity contribution >= 4 is 27.3 Å². The Morgan fingerprint density at radius 2 is 1.70 bits per heavy atom. The maximum Gasteiger partial charge on any atom is 0.128 e. The van der Waals surface area contributed by atoms with Gasteiger partial charge in [0, 0.05) is 20.3 Å². The topological polar surface area (TPSA) is 9.23 Å². The van der Waals surface area contributed by atoms with E-state index in [-0.39, 0.29) is 0 Å². The molecule has 0 atom stereocenters. The molecule has 1 aromatic heterocycles. The van der Waals surface area contributed by atoms with E-state index in [0.717, 1.165) is 15.8 Å². The first-order valence-electron chi connectivity index (χ1n) is 6.33. The third-order valence-electron chi connectivity index (χ3n) is 2.96. The van der Waals surface area contributed by atoms with E-state index >= 15 is 0 Å². The van der Waals surface area contributed by atoms with Gasteiger partial charge in [-0.3, -0.25) is 0 Å². The minimum atomic E-state index is 0.588. The molecule has 2 aromatic carbocycles. The summed E-state index contributed by atoms with van der Waals surface area (Å²) in [5.41, 5.74) is 2.31. The molecule has 0 aliphatic carbocycles. The molecule has 3 rings (SSSR count). The lowest BCUT2D eigenvalue weighted by Gasteiger charge is -2.10. The first kappa shape index (κ1) is 13.4. The molecule has 0 aliphatic heterocycles. The van der Waals surface area contributed by atoms with Gasteiger partial charge in [-0.05, 0) is 39.7 Å². The molecule has 0 aliphatic rings. The maximum atomic E-state index is 5.98. The molecule has 0 saturated carbocycles. The van der Waals surface area contributed by atoms with Crippen molar-refractivity contribution in [2.24, 2.45) is 0 Å². The number of hydrogen-bond donors (Lipinski definition) is 0. The third-order valence-corrected chi connectivity index (χ3v) is 4.68. The van der Waals surface area contributed by atoms with Crippen LogP contribution < -0.4 is 4.74 Å². The number of halogens is 1. The summed E-state index contributed by atoms with van der Waals surface area (Å²) in [6, 6.07) is 20.5. The van der Waals surface area contributed by atoms with Crippen LogP contribution in [0, 0.1) is 0 Å². The second-order valence-corrected chi connectivity index (χ2v) is 6.23. The number of benzene rings is 2. The largest absolute Gasteiger partial charge is 0.488 e. The van der Waals surface area contributed by atoms with Gasteiger partial charge in [-0.15, -0.1) is 11.3 Å². The van der Waals surface area contributed by atoms with Gasteiger partial charge < -0.3 is 4.74 Å². The Morgan fingerprint density at radius 3 is 2.45 bits per heavy atom. The second kappa shape index (κ2) is 6.25. The average molecular weight is 345 g/mol. The van der Waals surface area contributed by atoms with Gasteiger partial charge in [0.1, 0.15) is 12.4 Å². The van der Waals surface area contributed by atoms with Crippen LogP contribution in [-0.2, 0) is 6.61 Å². The second-order valence-electron chi connectivity index (χ2n) is 4.40. The Morgan fingerprint density at radius 1 is 0.950 bits per heavy atom. The van der Waals surface area contributed by atoms with Gasteiger partial charge in [0.2, 0.25) is 0 Å². The molecule has 20 heavy (non-hydrogen) atoms. The molecule has 100 valence electrons. The van der Waals surface area contributed by atoms with Crippen LogP contribution in [0.15, 0.2) is 70.5 Å². The van der Waals surface area contributed by atoms with Crippen molar-refractivity contribution in [3.8, 4) is 16.2 Å².